The second-order valence-corrected chi connectivity index (χ2v) is 6.43. The first-order valence-electron chi connectivity index (χ1n) is 6.47. The third kappa shape index (κ3) is 3.67. The molecule has 0 spiro atoms. The van der Waals surface area contributed by atoms with Gasteiger partial charge in [-0.05, 0) is 54.3 Å². The maximum Gasteiger partial charge on any atom is 0.178 e. The van der Waals surface area contributed by atoms with Crippen LogP contribution in [0.4, 0.5) is 5.69 Å². The van der Waals surface area contributed by atoms with E-state index in [1.165, 1.54) is 0 Å². The number of nitrogens with two attached hydrogens (primary N) is 1. The largest absolute Gasteiger partial charge is 0.398 e. The van der Waals surface area contributed by atoms with Crippen LogP contribution in [-0.4, -0.2) is 55.4 Å². The smallest absolute Gasteiger partial charge is 0.178 e. The maximum atomic E-state index is 12.4. The van der Waals surface area contributed by atoms with Crippen LogP contribution >= 0.6 is 22.6 Å². The number of carbonyl (C=O) groups is 1. The van der Waals surface area contributed by atoms with Gasteiger partial charge in [-0.1, -0.05) is 0 Å². The van der Waals surface area contributed by atoms with Crippen molar-refractivity contribution in [1.82, 2.24) is 9.80 Å². The number of halogens is 1. The number of nitrogens with zero attached hydrogens (tertiary/aromatic N) is 2. The fraction of sp³-hybridized carbons (Fsp3) is 0.500. The molecule has 1 aromatic carbocycles. The number of hydrogen-bond acceptors (Lipinski definition) is 4. The lowest BCUT2D eigenvalue weighted by atomic mass is 10.0. The molecule has 0 atom stereocenters. The molecule has 1 aromatic rings. The molecule has 1 saturated heterocycles. The number of benzene rings is 1. The van der Waals surface area contributed by atoms with Gasteiger partial charge in [0, 0.05) is 41.0 Å². The molecule has 0 aromatic heterocycles. The summed E-state index contributed by atoms with van der Waals surface area (Å²) in [6, 6.07) is 3.89. The van der Waals surface area contributed by atoms with Gasteiger partial charge in [0.1, 0.15) is 0 Å². The molecule has 2 rings (SSSR count). The second-order valence-electron chi connectivity index (χ2n) is 5.19. The van der Waals surface area contributed by atoms with Gasteiger partial charge in [0.15, 0.2) is 5.78 Å². The van der Waals surface area contributed by atoms with E-state index in [0.717, 1.165) is 35.3 Å². The summed E-state index contributed by atoms with van der Waals surface area (Å²) in [5.74, 6) is 0.128. The van der Waals surface area contributed by atoms with Gasteiger partial charge in [0.25, 0.3) is 0 Å². The topological polar surface area (TPSA) is 49.6 Å². The van der Waals surface area contributed by atoms with Crippen molar-refractivity contribution in [2.45, 2.75) is 6.92 Å². The fourth-order valence-corrected chi connectivity index (χ4v) is 3.06. The number of piperazine rings is 1. The summed E-state index contributed by atoms with van der Waals surface area (Å²) < 4.78 is 1.06. The van der Waals surface area contributed by atoms with Gasteiger partial charge >= 0.3 is 0 Å². The molecule has 0 radical (unpaired) electrons. The van der Waals surface area contributed by atoms with Crippen LogP contribution in [0.1, 0.15) is 15.9 Å². The minimum absolute atomic E-state index is 0.128. The number of Topliss-reactive ketones (excluding diaryl/α,β-unsaturated/α-hetero) is 1. The van der Waals surface area contributed by atoms with Gasteiger partial charge in [-0.15, -0.1) is 0 Å². The lowest BCUT2D eigenvalue weighted by molar-refractivity contribution is 0.0877. The molecule has 1 aliphatic heterocycles. The predicted molar refractivity (Wildman–Crippen MR) is 86.6 cm³/mol. The Morgan fingerprint density at radius 1 is 1.32 bits per heavy atom. The molecule has 1 fully saturated rings. The van der Waals surface area contributed by atoms with Gasteiger partial charge < -0.3 is 10.6 Å². The Morgan fingerprint density at radius 2 is 1.95 bits per heavy atom. The van der Waals surface area contributed by atoms with Crippen molar-refractivity contribution < 1.29 is 4.79 Å². The van der Waals surface area contributed by atoms with Crippen LogP contribution in [0.3, 0.4) is 0 Å². The van der Waals surface area contributed by atoms with Crippen molar-refractivity contribution in [2.75, 3.05) is 45.5 Å². The van der Waals surface area contributed by atoms with E-state index in [1.54, 1.807) is 0 Å². The molecule has 19 heavy (non-hydrogen) atoms. The number of hydrogen-bond donors (Lipinski definition) is 1. The number of carbonyl (C=O) groups excluding carboxylic acids is 1. The number of anilines is 1. The number of rotatable bonds is 3. The van der Waals surface area contributed by atoms with Crippen LogP contribution < -0.4 is 5.73 Å². The summed E-state index contributed by atoms with van der Waals surface area (Å²) in [7, 11) is 2.11. The lowest BCUT2D eigenvalue weighted by Gasteiger charge is -2.31. The fourth-order valence-electron chi connectivity index (χ4n) is 2.28. The first-order valence-corrected chi connectivity index (χ1v) is 7.55. The van der Waals surface area contributed by atoms with E-state index in [-0.39, 0.29) is 5.78 Å². The maximum absolute atomic E-state index is 12.4. The molecule has 0 saturated carbocycles. The molecule has 1 heterocycles. The average molecular weight is 373 g/mol. The highest BCUT2D eigenvalue weighted by atomic mass is 127. The van der Waals surface area contributed by atoms with Crippen LogP contribution in [0.15, 0.2) is 12.1 Å². The minimum Gasteiger partial charge on any atom is -0.398 e. The lowest BCUT2D eigenvalue weighted by Crippen LogP contribution is -2.46. The van der Waals surface area contributed by atoms with Crippen molar-refractivity contribution in [3.8, 4) is 0 Å². The van der Waals surface area contributed by atoms with Crippen LogP contribution in [-0.2, 0) is 0 Å². The molecule has 0 aliphatic carbocycles. The zero-order valence-electron chi connectivity index (χ0n) is 11.4. The van der Waals surface area contributed by atoms with Crippen molar-refractivity contribution in [1.29, 1.82) is 0 Å². The van der Waals surface area contributed by atoms with E-state index >= 15 is 0 Å². The molecule has 0 amide bonds. The Balaban J connectivity index is 2.08. The van der Waals surface area contributed by atoms with Gasteiger partial charge in [0.05, 0.1) is 6.54 Å². The van der Waals surface area contributed by atoms with E-state index in [4.69, 9.17) is 5.73 Å². The Labute approximate surface area is 128 Å². The Morgan fingerprint density at radius 3 is 2.58 bits per heavy atom. The van der Waals surface area contributed by atoms with Crippen LogP contribution in [0.25, 0.3) is 0 Å². The average Bonchev–Trinajstić information content (AvgIpc) is 2.36. The monoisotopic (exact) mass is 373 g/mol. The van der Waals surface area contributed by atoms with E-state index in [9.17, 15) is 4.79 Å². The minimum atomic E-state index is 0.128. The van der Waals surface area contributed by atoms with Crippen LogP contribution in [0, 0.1) is 10.5 Å². The Hall–Kier alpha value is -0.660. The summed E-state index contributed by atoms with van der Waals surface area (Å²) in [6.07, 6.45) is 0. The van der Waals surface area contributed by atoms with Crippen molar-refractivity contribution >= 4 is 34.1 Å². The number of likely N-dealkylation sites (N-methyl/N-ethyl adjacent to an activating group) is 1. The van der Waals surface area contributed by atoms with Crippen molar-refractivity contribution in [3.63, 3.8) is 0 Å². The number of nitrogen functional groups attached to an aromatic ring is 1. The van der Waals surface area contributed by atoms with Crippen molar-refractivity contribution in [2.24, 2.45) is 0 Å². The van der Waals surface area contributed by atoms with Gasteiger partial charge in [-0.25, -0.2) is 0 Å². The quantitative estimate of drug-likeness (QED) is 0.497. The highest BCUT2D eigenvalue weighted by molar-refractivity contribution is 14.1. The molecule has 2 N–H and O–H groups in total. The van der Waals surface area contributed by atoms with Gasteiger partial charge in [0.2, 0.25) is 0 Å². The van der Waals surface area contributed by atoms with Crippen LogP contribution in [0.2, 0.25) is 0 Å². The third-order valence-corrected chi connectivity index (χ3v) is 4.24. The Bertz CT molecular complexity index is 482. The summed E-state index contributed by atoms with van der Waals surface area (Å²) >= 11 is 2.23. The second kappa shape index (κ2) is 6.19. The molecule has 5 heteroatoms. The van der Waals surface area contributed by atoms with E-state index in [0.29, 0.717) is 17.8 Å². The number of aryl methyl sites for hydroxylation is 1. The first-order chi connectivity index (χ1) is 8.97. The molecule has 4 nitrogen and oxygen atoms in total. The summed E-state index contributed by atoms with van der Waals surface area (Å²) in [4.78, 5) is 16.9. The van der Waals surface area contributed by atoms with E-state index in [2.05, 4.69) is 39.4 Å². The predicted octanol–water partition coefficient (Wildman–Crippen LogP) is 1.61. The first kappa shape index (κ1) is 14.7. The summed E-state index contributed by atoms with van der Waals surface area (Å²) in [6.45, 7) is 6.36. The SMILES string of the molecule is Cc1cc(I)cc(C(=O)CN2CCN(C)CC2)c1N. The standard InChI is InChI=1S/C14H20IN3O/c1-10-7-11(15)8-12(14(10)16)13(19)9-18-5-3-17(2)4-6-18/h7-8H,3-6,9,16H2,1-2H3. The molecule has 0 unspecified atom stereocenters. The third-order valence-electron chi connectivity index (χ3n) is 3.62. The Kier molecular flexibility index (Phi) is 4.81. The molecule has 104 valence electrons. The van der Waals surface area contributed by atoms with E-state index < -0.39 is 0 Å². The van der Waals surface area contributed by atoms with Gasteiger partial charge in [-0.2, -0.15) is 0 Å². The normalized spacial score (nSPS) is 17.6. The summed E-state index contributed by atoms with van der Waals surface area (Å²) in [5.41, 5.74) is 8.30. The van der Waals surface area contributed by atoms with Crippen molar-refractivity contribution in [3.05, 3.63) is 26.8 Å². The molecular formula is C14H20IN3O. The van der Waals surface area contributed by atoms with Gasteiger partial charge in [-0.3, -0.25) is 9.69 Å². The molecular weight excluding hydrogens is 353 g/mol. The number of ketones is 1. The summed E-state index contributed by atoms with van der Waals surface area (Å²) in [5, 5.41) is 0. The zero-order valence-corrected chi connectivity index (χ0v) is 13.6. The zero-order chi connectivity index (χ0) is 14.0. The highest BCUT2D eigenvalue weighted by Gasteiger charge is 2.19. The highest BCUT2D eigenvalue weighted by Crippen LogP contribution is 2.21. The molecule has 0 bridgehead atoms. The van der Waals surface area contributed by atoms with E-state index in [1.807, 2.05) is 19.1 Å². The molecule has 1 aliphatic rings. The van der Waals surface area contributed by atoms with Crippen LogP contribution in [0.5, 0.6) is 0 Å².